The van der Waals surface area contributed by atoms with E-state index in [0.29, 0.717) is 24.7 Å². The Kier molecular flexibility index (Phi) is 4.28. The van der Waals surface area contributed by atoms with E-state index in [9.17, 15) is 0 Å². The van der Waals surface area contributed by atoms with Gasteiger partial charge in [-0.3, -0.25) is 0 Å². The van der Waals surface area contributed by atoms with Gasteiger partial charge in [0, 0.05) is 13.3 Å². The Morgan fingerprint density at radius 2 is 2.36 bits per heavy atom. The summed E-state index contributed by atoms with van der Waals surface area (Å²) in [5.74, 6) is 0.456. The number of ether oxygens (including phenoxy) is 2. The van der Waals surface area contributed by atoms with E-state index in [2.05, 4.69) is 4.98 Å². The third-order valence-electron chi connectivity index (χ3n) is 1.56. The zero-order chi connectivity index (χ0) is 10.4. The van der Waals surface area contributed by atoms with Gasteiger partial charge in [-0.15, -0.1) is 0 Å². The van der Waals surface area contributed by atoms with Crippen molar-refractivity contribution in [3.05, 3.63) is 23.9 Å². The maximum absolute atomic E-state index is 5.50. The molecule has 0 spiro atoms. The second-order valence-electron chi connectivity index (χ2n) is 2.56. The molecule has 1 heterocycles. The highest BCUT2D eigenvalue weighted by molar-refractivity contribution is 7.80. The second kappa shape index (κ2) is 5.51. The van der Waals surface area contributed by atoms with Crippen molar-refractivity contribution in [3.8, 4) is 5.88 Å². The van der Waals surface area contributed by atoms with Gasteiger partial charge in [0.25, 0.3) is 0 Å². The third-order valence-corrected chi connectivity index (χ3v) is 1.78. The molecule has 0 amide bonds. The second-order valence-corrected chi connectivity index (χ2v) is 3.00. The lowest BCUT2D eigenvalue weighted by Gasteiger charge is -2.07. The predicted octanol–water partition coefficient (Wildman–Crippen LogP) is 0.741. The molecule has 1 aromatic rings. The molecule has 0 saturated carbocycles. The van der Waals surface area contributed by atoms with Crippen LogP contribution in [0.2, 0.25) is 0 Å². The molecule has 0 bridgehead atoms. The fraction of sp³-hybridized carbons (Fsp3) is 0.333. The highest BCUT2D eigenvalue weighted by Crippen LogP contribution is 2.13. The Labute approximate surface area is 88.0 Å². The van der Waals surface area contributed by atoms with Gasteiger partial charge in [-0.1, -0.05) is 12.2 Å². The summed E-state index contributed by atoms with van der Waals surface area (Å²) in [6, 6.07) is 3.54. The van der Waals surface area contributed by atoms with Crippen LogP contribution in [0.25, 0.3) is 0 Å². The minimum atomic E-state index is 0.283. The zero-order valence-electron chi connectivity index (χ0n) is 7.90. The quantitative estimate of drug-likeness (QED) is 0.576. The molecule has 5 heteroatoms. The van der Waals surface area contributed by atoms with Crippen molar-refractivity contribution >= 4 is 17.2 Å². The summed E-state index contributed by atoms with van der Waals surface area (Å²) >= 11 is 4.85. The molecule has 0 atom stereocenters. The van der Waals surface area contributed by atoms with Crippen LogP contribution in [-0.4, -0.2) is 30.3 Å². The van der Waals surface area contributed by atoms with Gasteiger partial charge in [0.15, 0.2) is 0 Å². The number of pyridine rings is 1. The van der Waals surface area contributed by atoms with Gasteiger partial charge in [-0.2, -0.15) is 0 Å². The lowest BCUT2D eigenvalue weighted by Crippen LogP contribution is -2.14. The van der Waals surface area contributed by atoms with E-state index in [4.69, 9.17) is 27.4 Å². The molecule has 0 aliphatic carbocycles. The first-order valence-electron chi connectivity index (χ1n) is 4.12. The summed E-state index contributed by atoms with van der Waals surface area (Å²) in [5, 5.41) is 0. The Morgan fingerprint density at radius 1 is 1.57 bits per heavy atom. The van der Waals surface area contributed by atoms with Crippen molar-refractivity contribution in [2.45, 2.75) is 0 Å². The van der Waals surface area contributed by atoms with Crippen molar-refractivity contribution in [2.75, 3.05) is 20.3 Å². The van der Waals surface area contributed by atoms with E-state index < -0.39 is 0 Å². The Balaban J connectivity index is 2.69. The summed E-state index contributed by atoms with van der Waals surface area (Å²) in [4.78, 5) is 4.31. The smallest absolute Gasteiger partial charge is 0.223 e. The summed E-state index contributed by atoms with van der Waals surface area (Å²) in [6.45, 7) is 0.941. The average molecular weight is 212 g/mol. The molecule has 0 saturated heterocycles. The van der Waals surface area contributed by atoms with Crippen LogP contribution in [0.4, 0.5) is 0 Å². The van der Waals surface area contributed by atoms with E-state index >= 15 is 0 Å². The third kappa shape index (κ3) is 2.93. The van der Waals surface area contributed by atoms with Crippen molar-refractivity contribution < 1.29 is 9.47 Å². The SMILES string of the molecule is COCCOc1ncccc1C(N)=S. The number of hydrogen-bond donors (Lipinski definition) is 1. The molecule has 0 aromatic carbocycles. The minimum absolute atomic E-state index is 0.283. The fourth-order valence-electron chi connectivity index (χ4n) is 0.915. The predicted molar refractivity (Wildman–Crippen MR) is 57.5 cm³/mol. The Bertz CT molecular complexity index is 317. The minimum Gasteiger partial charge on any atom is -0.475 e. The van der Waals surface area contributed by atoms with Crippen LogP contribution in [0.3, 0.4) is 0 Å². The molecule has 0 unspecified atom stereocenters. The molecular weight excluding hydrogens is 200 g/mol. The van der Waals surface area contributed by atoms with E-state index in [-0.39, 0.29) is 4.99 Å². The van der Waals surface area contributed by atoms with Crippen LogP contribution in [0, 0.1) is 0 Å². The number of nitrogens with zero attached hydrogens (tertiary/aromatic N) is 1. The molecule has 0 fully saturated rings. The van der Waals surface area contributed by atoms with E-state index in [1.165, 1.54) is 0 Å². The zero-order valence-corrected chi connectivity index (χ0v) is 8.71. The summed E-state index contributed by atoms with van der Waals surface area (Å²) in [7, 11) is 1.61. The lowest BCUT2D eigenvalue weighted by molar-refractivity contribution is 0.143. The first kappa shape index (κ1) is 10.9. The van der Waals surface area contributed by atoms with Crippen LogP contribution in [-0.2, 0) is 4.74 Å². The molecule has 2 N–H and O–H groups in total. The fourth-order valence-corrected chi connectivity index (χ4v) is 1.07. The average Bonchev–Trinajstić information content (AvgIpc) is 2.19. The van der Waals surface area contributed by atoms with Gasteiger partial charge in [-0.25, -0.2) is 4.98 Å². The highest BCUT2D eigenvalue weighted by Gasteiger charge is 2.06. The number of aromatic nitrogens is 1. The monoisotopic (exact) mass is 212 g/mol. The molecule has 1 rings (SSSR count). The van der Waals surface area contributed by atoms with Gasteiger partial charge in [0.2, 0.25) is 5.88 Å². The van der Waals surface area contributed by atoms with Gasteiger partial charge >= 0.3 is 0 Å². The first-order valence-corrected chi connectivity index (χ1v) is 4.53. The molecule has 0 aliphatic rings. The van der Waals surface area contributed by atoms with Gasteiger partial charge < -0.3 is 15.2 Å². The van der Waals surface area contributed by atoms with Crippen molar-refractivity contribution in [2.24, 2.45) is 5.73 Å². The van der Waals surface area contributed by atoms with Crippen molar-refractivity contribution in [1.82, 2.24) is 4.98 Å². The van der Waals surface area contributed by atoms with E-state index in [1.54, 1.807) is 25.4 Å². The summed E-state index contributed by atoms with van der Waals surface area (Å²) in [5.41, 5.74) is 6.15. The van der Waals surface area contributed by atoms with Crippen LogP contribution in [0.5, 0.6) is 5.88 Å². The summed E-state index contributed by atoms with van der Waals surface area (Å²) < 4.78 is 10.2. The van der Waals surface area contributed by atoms with Crippen LogP contribution in [0.1, 0.15) is 5.56 Å². The number of methoxy groups -OCH3 is 1. The largest absolute Gasteiger partial charge is 0.475 e. The number of thiocarbonyl (C=S) groups is 1. The molecule has 0 radical (unpaired) electrons. The van der Waals surface area contributed by atoms with Crippen LogP contribution < -0.4 is 10.5 Å². The number of hydrogen-bond acceptors (Lipinski definition) is 4. The maximum Gasteiger partial charge on any atom is 0.223 e. The normalized spacial score (nSPS) is 9.79. The molecule has 0 aliphatic heterocycles. The van der Waals surface area contributed by atoms with Crippen molar-refractivity contribution in [1.29, 1.82) is 0 Å². The van der Waals surface area contributed by atoms with Crippen LogP contribution >= 0.6 is 12.2 Å². The van der Waals surface area contributed by atoms with Crippen molar-refractivity contribution in [3.63, 3.8) is 0 Å². The molecule has 14 heavy (non-hydrogen) atoms. The topological polar surface area (TPSA) is 57.4 Å². The molecule has 76 valence electrons. The first-order chi connectivity index (χ1) is 6.75. The van der Waals surface area contributed by atoms with Gasteiger partial charge in [0.1, 0.15) is 11.6 Å². The van der Waals surface area contributed by atoms with Crippen LogP contribution in [0.15, 0.2) is 18.3 Å². The highest BCUT2D eigenvalue weighted by atomic mass is 32.1. The van der Waals surface area contributed by atoms with E-state index in [0.717, 1.165) is 0 Å². The van der Waals surface area contributed by atoms with Gasteiger partial charge in [0.05, 0.1) is 12.2 Å². The molecular formula is C9H12N2O2S. The van der Waals surface area contributed by atoms with Gasteiger partial charge in [-0.05, 0) is 12.1 Å². The standard InChI is InChI=1S/C9H12N2O2S/c1-12-5-6-13-9-7(8(10)14)3-2-4-11-9/h2-4H,5-6H2,1H3,(H2,10,14). The Hall–Kier alpha value is -1.20. The molecule has 4 nitrogen and oxygen atoms in total. The molecule has 1 aromatic heterocycles. The number of rotatable bonds is 5. The number of nitrogens with two attached hydrogens (primary N) is 1. The maximum atomic E-state index is 5.50. The van der Waals surface area contributed by atoms with E-state index in [1.807, 2.05) is 0 Å². The lowest BCUT2D eigenvalue weighted by atomic mass is 10.3. The summed E-state index contributed by atoms with van der Waals surface area (Å²) in [6.07, 6.45) is 1.63. The Morgan fingerprint density at radius 3 is 3.00 bits per heavy atom.